The lowest BCUT2D eigenvalue weighted by Crippen LogP contribution is -2.22. The minimum Gasteiger partial charge on any atom is -0.474 e. The summed E-state index contributed by atoms with van der Waals surface area (Å²) in [5.41, 5.74) is 1.06. The van der Waals surface area contributed by atoms with Gasteiger partial charge in [-0.05, 0) is 24.5 Å². The summed E-state index contributed by atoms with van der Waals surface area (Å²) in [6.07, 6.45) is 4.13. The molecule has 1 fully saturated rings. The standard InChI is InChI=1S/C14H21ClN2O2/c1-10(2)16-7-11-6-13(15)14(17-8-11)19-9-12-4-3-5-18-12/h6,8,10,12,16H,3-5,7,9H2,1-2H3. The van der Waals surface area contributed by atoms with Gasteiger partial charge in [0.15, 0.2) is 0 Å². The summed E-state index contributed by atoms with van der Waals surface area (Å²) >= 11 is 6.17. The van der Waals surface area contributed by atoms with E-state index in [1.807, 2.05) is 6.07 Å². The SMILES string of the molecule is CC(C)NCc1cnc(OCC2CCCO2)c(Cl)c1. The maximum Gasteiger partial charge on any atom is 0.232 e. The molecule has 1 aromatic rings. The monoisotopic (exact) mass is 284 g/mol. The number of hydrogen-bond donors (Lipinski definition) is 1. The Labute approximate surface area is 119 Å². The summed E-state index contributed by atoms with van der Waals surface area (Å²) in [6.45, 7) is 6.32. The summed E-state index contributed by atoms with van der Waals surface area (Å²) in [5, 5.41) is 3.88. The highest BCUT2D eigenvalue weighted by Crippen LogP contribution is 2.23. The Balaban J connectivity index is 1.87. The van der Waals surface area contributed by atoms with Gasteiger partial charge in [0.1, 0.15) is 11.6 Å². The van der Waals surface area contributed by atoms with Gasteiger partial charge in [-0.15, -0.1) is 0 Å². The number of pyridine rings is 1. The second kappa shape index (κ2) is 7.08. The van der Waals surface area contributed by atoms with Crippen molar-refractivity contribution >= 4 is 11.6 Å². The highest BCUT2D eigenvalue weighted by molar-refractivity contribution is 6.31. The first-order chi connectivity index (χ1) is 9.15. The van der Waals surface area contributed by atoms with E-state index in [4.69, 9.17) is 21.1 Å². The Bertz CT molecular complexity index is 406. The van der Waals surface area contributed by atoms with E-state index in [9.17, 15) is 0 Å². The molecule has 2 rings (SSSR count). The number of halogens is 1. The molecule has 1 N–H and O–H groups in total. The number of hydrogen-bond acceptors (Lipinski definition) is 4. The van der Waals surface area contributed by atoms with E-state index < -0.39 is 0 Å². The Morgan fingerprint density at radius 3 is 3.05 bits per heavy atom. The van der Waals surface area contributed by atoms with Crippen molar-refractivity contribution in [3.8, 4) is 5.88 Å². The van der Waals surface area contributed by atoms with Crippen LogP contribution in [0.2, 0.25) is 5.02 Å². The molecule has 1 saturated heterocycles. The summed E-state index contributed by atoms with van der Waals surface area (Å²) in [6, 6.07) is 2.34. The fourth-order valence-corrected chi connectivity index (χ4v) is 2.18. The smallest absolute Gasteiger partial charge is 0.232 e. The molecule has 106 valence electrons. The van der Waals surface area contributed by atoms with Crippen LogP contribution in [0.5, 0.6) is 5.88 Å². The van der Waals surface area contributed by atoms with Crippen LogP contribution in [0.15, 0.2) is 12.3 Å². The van der Waals surface area contributed by atoms with Crippen LogP contribution in [0.1, 0.15) is 32.3 Å². The van der Waals surface area contributed by atoms with Crippen LogP contribution >= 0.6 is 11.6 Å². The lowest BCUT2D eigenvalue weighted by Gasteiger charge is -2.13. The van der Waals surface area contributed by atoms with E-state index in [0.717, 1.165) is 31.6 Å². The third-order valence-corrected chi connectivity index (χ3v) is 3.28. The van der Waals surface area contributed by atoms with Gasteiger partial charge in [0.05, 0.1) is 6.10 Å². The number of nitrogens with zero attached hydrogens (tertiary/aromatic N) is 1. The number of aromatic nitrogens is 1. The first kappa shape index (κ1) is 14.6. The zero-order chi connectivity index (χ0) is 13.7. The lowest BCUT2D eigenvalue weighted by molar-refractivity contribution is 0.0664. The molecular weight excluding hydrogens is 264 g/mol. The molecule has 2 heterocycles. The predicted octanol–water partition coefficient (Wildman–Crippen LogP) is 2.79. The molecule has 0 saturated carbocycles. The Kier molecular flexibility index (Phi) is 5.43. The van der Waals surface area contributed by atoms with Crippen LogP contribution in [-0.4, -0.2) is 30.3 Å². The first-order valence-electron chi connectivity index (χ1n) is 6.77. The van der Waals surface area contributed by atoms with Crippen molar-refractivity contribution < 1.29 is 9.47 Å². The summed E-state index contributed by atoms with van der Waals surface area (Å²) in [7, 11) is 0. The molecular formula is C14H21ClN2O2. The number of rotatable bonds is 6. The highest BCUT2D eigenvalue weighted by Gasteiger charge is 2.17. The van der Waals surface area contributed by atoms with Gasteiger partial charge in [-0.1, -0.05) is 25.4 Å². The molecule has 0 spiro atoms. The van der Waals surface area contributed by atoms with Crippen LogP contribution in [0.25, 0.3) is 0 Å². The minimum absolute atomic E-state index is 0.181. The van der Waals surface area contributed by atoms with E-state index in [2.05, 4.69) is 24.1 Å². The maximum absolute atomic E-state index is 6.17. The first-order valence-corrected chi connectivity index (χ1v) is 7.15. The highest BCUT2D eigenvalue weighted by atomic mass is 35.5. The second-order valence-corrected chi connectivity index (χ2v) is 5.52. The van der Waals surface area contributed by atoms with Gasteiger partial charge in [-0.25, -0.2) is 4.98 Å². The molecule has 0 aliphatic carbocycles. The number of nitrogens with one attached hydrogen (secondary N) is 1. The van der Waals surface area contributed by atoms with E-state index in [1.165, 1.54) is 0 Å². The van der Waals surface area contributed by atoms with Crippen molar-refractivity contribution in [3.05, 3.63) is 22.8 Å². The van der Waals surface area contributed by atoms with Crippen LogP contribution < -0.4 is 10.1 Å². The zero-order valence-electron chi connectivity index (χ0n) is 11.5. The summed E-state index contributed by atoms with van der Waals surface area (Å²) in [4.78, 5) is 4.27. The molecule has 1 aliphatic heterocycles. The molecule has 0 radical (unpaired) electrons. The largest absolute Gasteiger partial charge is 0.474 e. The topological polar surface area (TPSA) is 43.4 Å². The third kappa shape index (κ3) is 4.64. The molecule has 0 aromatic carbocycles. The van der Waals surface area contributed by atoms with Gasteiger partial charge < -0.3 is 14.8 Å². The van der Waals surface area contributed by atoms with Crippen molar-refractivity contribution in [2.45, 2.75) is 45.4 Å². The Morgan fingerprint density at radius 2 is 2.42 bits per heavy atom. The van der Waals surface area contributed by atoms with Gasteiger partial charge >= 0.3 is 0 Å². The zero-order valence-corrected chi connectivity index (χ0v) is 12.2. The normalized spacial score (nSPS) is 19.1. The average molecular weight is 285 g/mol. The second-order valence-electron chi connectivity index (χ2n) is 5.11. The molecule has 4 nitrogen and oxygen atoms in total. The summed E-state index contributed by atoms with van der Waals surface area (Å²) in [5.74, 6) is 0.491. The molecule has 0 amide bonds. The van der Waals surface area contributed by atoms with Crippen molar-refractivity contribution in [3.63, 3.8) is 0 Å². The molecule has 5 heteroatoms. The van der Waals surface area contributed by atoms with Crippen molar-refractivity contribution in [1.82, 2.24) is 10.3 Å². The van der Waals surface area contributed by atoms with Crippen LogP contribution in [0.3, 0.4) is 0 Å². The van der Waals surface area contributed by atoms with E-state index in [1.54, 1.807) is 6.20 Å². The van der Waals surface area contributed by atoms with Crippen molar-refractivity contribution in [1.29, 1.82) is 0 Å². The molecule has 1 atom stereocenters. The van der Waals surface area contributed by atoms with E-state index in [0.29, 0.717) is 23.6 Å². The van der Waals surface area contributed by atoms with Gasteiger partial charge in [0.2, 0.25) is 5.88 Å². The molecule has 1 aromatic heterocycles. The van der Waals surface area contributed by atoms with Crippen molar-refractivity contribution in [2.75, 3.05) is 13.2 Å². The van der Waals surface area contributed by atoms with Crippen LogP contribution in [-0.2, 0) is 11.3 Å². The van der Waals surface area contributed by atoms with Gasteiger partial charge in [0, 0.05) is 25.4 Å². The summed E-state index contributed by atoms with van der Waals surface area (Å²) < 4.78 is 11.1. The average Bonchev–Trinajstić information content (AvgIpc) is 2.88. The molecule has 1 aliphatic rings. The number of ether oxygens (including phenoxy) is 2. The Morgan fingerprint density at radius 1 is 1.58 bits per heavy atom. The minimum atomic E-state index is 0.181. The quantitative estimate of drug-likeness (QED) is 0.872. The predicted molar refractivity (Wildman–Crippen MR) is 75.7 cm³/mol. The van der Waals surface area contributed by atoms with Crippen LogP contribution in [0.4, 0.5) is 0 Å². The fourth-order valence-electron chi connectivity index (χ4n) is 1.94. The molecule has 19 heavy (non-hydrogen) atoms. The lowest BCUT2D eigenvalue weighted by atomic mass is 10.2. The van der Waals surface area contributed by atoms with Gasteiger partial charge in [0.25, 0.3) is 0 Å². The van der Waals surface area contributed by atoms with E-state index >= 15 is 0 Å². The van der Waals surface area contributed by atoms with Gasteiger partial charge in [-0.2, -0.15) is 0 Å². The van der Waals surface area contributed by atoms with Gasteiger partial charge in [-0.3, -0.25) is 0 Å². The Hall–Kier alpha value is -0.840. The fraction of sp³-hybridized carbons (Fsp3) is 0.643. The van der Waals surface area contributed by atoms with Crippen LogP contribution in [0, 0.1) is 0 Å². The molecule has 1 unspecified atom stereocenters. The third-order valence-electron chi connectivity index (χ3n) is 3.01. The van der Waals surface area contributed by atoms with Crippen molar-refractivity contribution in [2.24, 2.45) is 0 Å². The maximum atomic E-state index is 6.17. The van der Waals surface area contributed by atoms with E-state index in [-0.39, 0.29) is 6.10 Å². The molecule has 0 bridgehead atoms.